The van der Waals surface area contributed by atoms with E-state index in [4.69, 9.17) is 34.8 Å². The van der Waals surface area contributed by atoms with Gasteiger partial charge in [0.05, 0.1) is 6.10 Å². The predicted molar refractivity (Wildman–Crippen MR) is 56.6 cm³/mol. The molecular formula is C8H9Cl3N2O. The molecule has 0 bridgehead atoms. The van der Waals surface area contributed by atoms with Gasteiger partial charge in [-0.1, -0.05) is 34.8 Å². The molecule has 0 spiro atoms. The molecule has 1 aromatic heterocycles. The van der Waals surface area contributed by atoms with Crippen molar-refractivity contribution in [2.24, 2.45) is 0 Å². The van der Waals surface area contributed by atoms with Crippen LogP contribution in [-0.2, 0) is 3.79 Å². The lowest BCUT2D eigenvalue weighted by atomic mass is 10.1. The molecule has 0 radical (unpaired) electrons. The third kappa shape index (κ3) is 2.70. The van der Waals surface area contributed by atoms with E-state index in [9.17, 15) is 5.11 Å². The van der Waals surface area contributed by atoms with Gasteiger partial charge in [-0.05, 0) is 13.8 Å². The van der Waals surface area contributed by atoms with Crippen molar-refractivity contribution in [1.82, 2.24) is 9.97 Å². The van der Waals surface area contributed by atoms with Crippen LogP contribution in [0.1, 0.15) is 30.1 Å². The summed E-state index contributed by atoms with van der Waals surface area (Å²) in [6.07, 6.45) is 0.837. The van der Waals surface area contributed by atoms with Gasteiger partial charge in [-0.3, -0.25) is 0 Å². The van der Waals surface area contributed by atoms with Crippen molar-refractivity contribution < 1.29 is 5.11 Å². The maximum atomic E-state index is 9.32. The van der Waals surface area contributed by atoms with E-state index >= 15 is 0 Å². The summed E-state index contributed by atoms with van der Waals surface area (Å²) in [4.78, 5) is 7.86. The lowest BCUT2D eigenvalue weighted by molar-refractivity contribution is 0.197. The number of rotatable bonds is 1. The molecule has 0 saturated heterocycles. The maximum Gasteiger partial charge on any atom is 0.250 e. The first-order valence-corrected chi connectivity index (χ1v) is 5.04. The van der Waals surface area contributed by atoms with Crippen LogP contribution in [-0.4, -0.2) is 15.1 Å². The molecule has 1 rings (SSSR count). The Morgan fingerprint density at radius 1 is 1.43 bits per heavy atom. The minimum absolute atomic E-state index is 0.115. The summed E-state index contributed by atoms with van der Waals surface area (Å²) in [6, 6.07) is 0. The molecule has 0 aliphatic rings. The number of aryl methyl sites for hydroxylation is 1. The Hall–Kier alpha value is -0.0900. The zero-order valence-corrected chi connectivity index (χ0v) is 9.90. The highest BCUT2D eigenvalue weighted by atomic mass is 35.6. The lowest BCUT2D eigenvalue weighted by Crippen LogP contribution is -2.10. The number of halogens is 3. The summed E-state index contributed by atoms with van der Waals surface area (Å²) in [7, 11) is 0. The van der Waals surface area contributed by atoms with Gasteiger partial charge in [0.25, 0.3) is 0 Å². The highest BCUT2D eigenvalue weighted by molar-refractivity contribution is 6.66. The van der Waals surface area contributed by atoms with Crippen LogP contribution in [0, 0.1) is 6.92 Å². The van der Waals surface area contributed by atoms with Gasteiger partial charge < -0.3 is 5.11 Å². The van der Waals surface area contributed by atoms with Crippen molar-refractivity contribution >= 4 is 34.8 Å². The molecule has 3 nitrogen and oxygen atoms in total. The van der Waals surface area contributed by atoms with E-state index in [2.05, 4.69) is 9.97 Å². The van der Waals surface area contributed by atoms with E-state index in [0.29, 0.717) is 11.3 Å². The van der Waals surface area contributed by atoms with Gasteiger partial charge in [0.1, 0.15) is 0 Å². The second kappa shape index (κ2) is 4.19. The van der Waals surface area contributed by atoms with Crippen molar-refractivity contribution in [1.29, 1.82) is 0 Å². The fraction of sp³-hybridized carbons (Fsp3) is 0.500. The Labute approximate surface area is 97.0 Å². The van der Waals surface area contributed by atoms with Crippen molar-refractivity contribution in [3.63, 3.8) is 0 Å². The maximum absolute atomic E-state index is 9.32. The molecule has 0 aromatic carbocycles. The SMILES string of the molecule is Cc1nc(C(Cl)(Cl)Cl)ncc1[C@H](C)O. The van der Waals surface area contributed by atoms with E-state index in [1.54, 1.807) is 13.8 Å². The molecule has 0 amide bonds. The summed E-state index contributed by atoms with van der Waals surface area (Å²) in [5.41, 5.74) is 1.24. The van der Waals surface area contributed by atoms with Crippen molar-refractivity contribution in [2.45, 2.75) is 23.7 Å². The lowest BCUT2D eigenvalue weighted by Gasteiger charge is -2.12. The predicted octanol–water partition coefficient (Wildman–Crippen LogP) is 2.67. The molecule has 0 aliphatic heterocycles. The quantitative estimate of drug-likeness (QED) is 0.785. The molecule has 14 heavy (non-hydrogen) atoms. The Balaban J connectivity index is 3.13. The number of aliphatic hydroxyl groups is 1. The molecule has 1 aromatic rings. The molecule has 1 atom stereocenters. The fourth-order valence-corrected chi connectivity index (χ4v) is 1.30. The van der Waals surface area contributed by atoms with Crippen LogP contribution < -0.4 is 0 Å². The molecule has 78 valence electrons. The van der Waals surface area contributed by atoms with Gasteiger partial charge in [0.15, 0.2) is 5.82 Å². The molecule has 1 N–H and O–H groups in total. The van der Waals surface area contributed by atoms with Crippen LogP contribution in [0.4, 0.5) is 0 Å². The van der Waals surface area contributed by atoms with Crippen LogP contribution in [0.2, 0.25) is 0 Å². The van der Waals surface area contributed by atoms with E-state index < -0.39 is 9.90 Å². The highest BCUT2D eigenvalue weighted by Gasteiger charge is 2.27. The first-order chi connectivity index (χ1) is 6.32. The van der Waals surface area contributed by atoms with Crippen molar-refractivity contribution in [2.75, 3.05) is 0 Å². The first-order valence-electron chi connectivity index (χ1n) is 3.91. The van der Waals surface area contributed by atoms with Crippen LogP contribution in [0.3, 0.4) is 0 Å². The topological polar surface area (TPSA) is 46.0 Å². The van der Waals surface area contributed by atoms with E-state index in [1.807, 2.05) is 0 Å². The summed E-state index contributed by atoms with van der Waals surface area (Å²) >= 11 is 16.8. The summed E-state index contributed by atoms with van der Waals surface area (Å²) in [5.74, 6) is 0.115. The summed E-state index contributed by atoms with van der Waals surface area (Å²) in [5, 5.41) is 9.32. The number of alkyl halides is 3. The van der Waals surface area contributed by atoms with Crippen molar-refractivity contribution in [3.05, 3.63) is 23.3 Å². The van der Waals surface area contributed by atoms with Crippen LogP contribution in [0.15, 0.2) is 6.20 Å². The normalized spacial score (nSPS) is 14.1. The molecular weight excluding hydrogens is 246 g/mol. The van der Waals surface area contributed by atoms with E-state index in [-0.39, 0.29) is 5.82 Å². The number of nitrogens with zero attached hydrogens (tertiary/aromatic N) is 2. The standard InChI is InChI=1S/C8H9Cl3N2O/c1-4-6(5(2)14)3-12-7(13-4)8(9,10)11/h3,5,14H,1-2H3/t5-/m0/s1. The molecule has 0 saturated carbocycles. The second-order valence-corrected chi connectivity index (χ2v) is 5.19. The van der Waals surface area contributed by atoms with Gasteiger partial charge in [0.2, 0.25) is 3.79 Å². The van der Waals surface area contributed by atoms with E-state index in [1.165, 1.54) is 6.20 Å². The molecule has 6 heteroatoms. The summed E-state index contributed by atoms with van der Waals surface area (Å²) in [6.45, 7) is 3.35. The van der Waals surface area contributed by atoms with Gasteiger partial charge in [0, 0.05) is 17.5 Å². The molecule has 1 heterocycles. The summed E-state index contributed by atoms with van der Waals surface area (Å²) < 4.78 is -1.62. The van der Waals surface area contributed by atoms with Crippen LogP contribution in [0.5, 0.6) is 0 Å². The molecule has 0 fully saturated rings. The Morgan fingerprint density at radius 3 is 2.36 bits per heavy atom. The van der Waals surface area contributed by atoms with Gasteiger partial charge in [-0.2, -0.15) is 0 Å². The number of hydrogen-bond acceptors (Lipinski definition) is 3. The number of aliphatic hydroxyl groups excluding tert-OH is 1. The third-order valence-electron chi connectivity index (χ3n) is 1.72. The Morgan fingerprint density at radius 2 is 2.00 bits per heavy atom. The van der Waals surface area contributed by atoms with Crippen molar-refractivity contribution in [3.8, 4) is 0 Å². The molecule has 0 aliphatic carbocycles. The largest absolute Gasteiger partial charge is 0.389 e. The fourth-order valence-electron chi connectivity index (χ4n) is 1.02. The van der Waals surface area contributed by atoms with Crippen LogP contribution >= 0.6 is 34.8 Å². The van der Waals surface area contributed by atoms with Gasteiger partial charge >= 0.3 is 0 Å². The Bertz CT molecular complexity index is 336. The van der Waals surface area contributed by atoms with Gasteiger partial charge in [-0.15, -0.1) is 0 Å². The minimum Gasteiger partial charge on any atom is -0.389 e. The number of aromatic nitrogens is 2. The Kier molecular flexibility index (Phi) is 3.58. The average molecular weight is 256 g/mol. The molecule has 0 unspecified atom stereocenters. The smallest absolute Gasteiger partial charge is 0.250 e. The van der Waals surface area contributed by atoms with Crippen LogP contribution in [0.25, 0.3) is 0 Å². The zero-order chi connectivity index (χ0) is 10.9. The second-order valence-electron chi connectivity index (χ2n) is 2.91. The zero-order valence-electron chi connectivity index (χ0n) is 7.63. The van der Waals surface area contributed by atoms with Gasteiger partial charge in [-0.25, -0.2) is 9.97 Å². The third-order valence-corrected chi connectivity index (χ3v) is 2.23. The highest BCUT2D eigenvalue weighted by Crippen LogP contribution is 2.36. The average Bonchev–Trinajstić information content (AvgIpc) is 2.01. The number of hydrogen-bond donors (Lipinski definition) is 1. The monoisotopic (exact) mass is 254 g/mol. The minimum atomic E-state index is -1.62. The van der Waals surface area contributed by atoms with E-state index in [0.717, 1.165) is 0 Å². The first kappa shape index (κ1) is 12.0.